The smallest absolute Gasteiger partial charge is 0.253 e. The van der Waals surface area contributed by atoms with Crippen molar-refractivity contribution < 1.29 is 4.79 Å². The van der Waals surface area contributed by atoms with Gasteiger partial charge in [0.05, 0.1) is 0 Å². The summed E-state index contributed by atoms with van der Waals surface area (Å²) in [5.41, 5.74) is 9.05. The molecule has 5 heteroatoms. The van der Waals surface area contributed by atoms with Crippen LogP contribution >= 0.6 is 0 Å². The fraction of sp³-hybridized carbons (Fsp3) is 0.343. The third kappa shape index (κ3) is 5.94. The molecule has 3 aromatic carbocycles. The molecule has 1 aromatic heterocycles. The maximum Gasteiger partial charge on any atom is 0.253 e. The number of rotatable bonds is 5. The van der Waals surface area contributed by atoms with Crippen molar-refractivity contribution >= 4 is 11.7 Å². The molecule has 0 N–H and O–H groups in total. The van der Waals surface area contributed by atoms with Crippen LogP contribution in [0.4, 0.5) is 5.82 Å². The fourth-order valence-corrected chi connectivity index (χ4v) is 5.36. The molecule has 0 unspecified atom stereocenters. The standard InChI is InChI=1S/C35H40N4O/c1-24-12-13-25(2)29(22-24)23-31-26(3)36-32(27-10-8-7-9-11-27)37-33(31)38-18-20-39(21-19-38)34(40)28-14-16-30(17-15-28)35(4,5)6/h7-17,22H,18-21,23H2,1-6H3. The first kappa shape index (κ1) is 27.6. The van der Waals surface area contributed by atoms with E-state index in [4.69, 9.17) is 9.97 Å². The van der Waals surface area contributed by atoms with Crippen molar-refractivity contribution in [3.8, 4) is 11.4 Å². The highest BCUT2D eigenvalue weighted by Gasteiger charge is 2.26. The highest BCUT2D eigenvalue weighted by molar-refractivity contribution is 5.94. The third-order valence-corrected chi connectivity index (χ3v) is 7.96. The molecule has 1 saturated heterocycles. The summed E-state index contributed by atoms with van der Waals surface area (Å²) in [6.45, 7) is 15.8. The zero-order chi connectivity index (χ0) is 28.4. The lowest BCUT2D eigenvalue weighted by Crippen LogP contribution is -2.49. The first-order valence-corrected chi connectivity index (χ1v) is 14.2. The van der Waals surface area contributed by atoms with Crippen LogP contribution in [-0.4, -0.2) is 47.0 Å². The summed E-state index contributed by atoms with van der Waals surface area (Å²) in [6, 6.07) is 24.9. The van der Waals surface area contributed by atoms with E-state index in [2.05, 4.69) is 88.9 Å². The third-order valence-electron chi connectivity index (χ3n) is 7.96. The van der Waals surface area contributed by atoms with Gasteiger partial charge in [-0.3, -0.25) is 4.79 Å². The van der Waals surface area contributed by atoms with Crippen molar-refractivity contribution in [3.05, 3.63) is 112 Å². The fourth-order valence-electron chi connectivity index (χ4n) is 5.36. The number of anilines is 1. The van der Waals surface area contributed by atoms with E-state index < -0.39 is 0 Å². The van der Waals surface area contributed by atoms with Crippen LogP contribution in [0.15, 0.2) is 72.8 Å². The monoisotopic (exact) mass is 532 g/mol. The molecule has 1 fully saturated rings. The molecule has 0 radical (unpaired) electrons. The van der Waals surface area contributed by atoms with Gasteiger partial charge in [0.15, 0.2) is 5.82 Å². The lowest BCUT2D eigenvalue weighted by molar-refractivity contribution is 0.0746. The van der Waals surface area contributed by atoms with E-state index in [1.54, 1.807) is 0 Å². The Hall–Kier alpha value is -3.99. The Labute approximate surface area is 238 Å². The van der Waals surface area contributed by atoms with Crippen LogP contribution in [0.1, 0.15) is 64.6 Å². The molecule has 0 atom stereocenters. The molecule has 40 heavy (non-hydrogen) atoms. The van der Waals surface area contributed by atoms with Gasteiger partial charge in [0.1, 0.15) is 5.82 Å². The minimum absolute atomic E-state index is 0.0656. The number of hydrogen-bond donors (Lipinski definition) is 0. The summed E-state index contributed by atoms with van der Waals surface area (Å²) in [5.74, 6) is 1.82. The molecular formula is C35H40N4O. The molecule has 1 aliphatic rings. The molecule has 2 heterocycles. The Bertz CT molecular complexity index is 1500. The van der Waals surface area contributed by atoms with Gasteiger partial charge in [-0.05, 0) is 55.0 Å². The maximum atomic E-state index is 13.4. The molecule has 4 aromatic rings. The van der Waals surface area contributed by atoms with Crippen LogP contribution in [0.5, 0.6) is 0 Å². The Morgan fingerprint density at radius 3 is 2.15 bits per heavy atom. The van der Waals surface area contributed by atoms with Crippen molar-refractivity contribution in [3.63, 3.8) is 0 Å². The minimum atomic E-state index is 0.0656. The second-order valence-electron chi connectivity index (χ2n) is 12.0. The van der Waals surface area contributed by atoms with Crippen LogP contribution in [0.2, 0.25) is 0 Å². The van der Waals surface area contributed by atoms with Gasteiger partial charge >= 0.3 is 0 Å². The lowest BCUT2D eigenvalue weighted by atomic mass is 9.86. The van der Waals surface area contributed by atoms with Crippen molar-refractivity contribution in [2.45, 2.75) is 53.4 Å². The van der Waals surface area contributed by atoms with Crippen LogP contribution in [0.3, 0.4) is 0 Å². The van der Waals surface area contributed by atoms with E-state index in [9.17, 15) is 4.79 Å². The second kappa shape index (κ2) is 11.2. The highest BCUT2D eigenvalue weighted by atomic mass is 16.2. The number of aryl methyl sites for hydroxylation is 3. The quantitative estimate of drug-likeness (QED) is 0.280. The maximum absolute atomic E-state index is 13.4. The first-order chi connectivity index (χ1) is 19.1. The Morgan fingerprint density at radius 1 is 0.825 bits per heavy atom. The topological polar surface area (TPSA) is 49.3 Å². The average molecular weight is 533 g/mol. The summed E-state index contributed by atoms with van der Waals surface area (Å²) in [6.07, 6.45) is 0.781. The van der Waals surface area contributed by atoms with Crippen LogP contribution < -0.4 is 4.90 Å². The molecule has 0 saturated carbocycles. The van der Waals surface area contributed by atoms with Gasteiger partial charge in [-0.1, -0.05) is 87.0 Å². The highest BCUT2D eigenvalue weighted by Crippen LogP contribution is 2.30. The van der Waals surface area contributed by atoms with Crippen molar-refractivity contribution in [1.82, 2.24) is 14.9 Å². The summed E-state index contributed by atoms with van der Waals surface area (Å²) in [4.78, 5) is 27.8. The molecular weight excluding hydrogens is 492 g/mol. The van der Waals surface area contributed by atoms with Gasteiger partial charge in [-0.25, -0.2) is 9.97 Å². The van der Waals surface area contributed by atoms with E-state index in [1.165, 1.54) is 22.3 Å². The molecule has 5 rings (SSSR count). The molecule has 206 valence electrons. The van der Waals surface area contributed by atoms with Crippen LogP contribution in [0, 0.1) is 20.8 Å². The Morgan fingerprint density at radius 2 is 1.50 bits per heavy atom. The zero-order valence-corrected chi connectivity index (χ0v) is 24.7. The molecule has 0 bridgehead atoms. The summed E-state index contributed by atoms with van der Waals surface area (Å²) < 4.78 is 0. The first-order valence-electron chi connectivity index (χ1n) is 14.2. The van der Waals surface area contributed by atoms with E-state index in [-0.39, 0.29) is 11.3 Å². The van der Waals surface area contributed by atoms with Crippen molar-refractivity contribution in [2.75, 3.05) is 31.1 Å². The molecule has 1 aliphatic heterocycles. The largest absolute Gasteiger partial charge is 0.353 e. The number of aromatic nitrogens is 2. The van der Waals surface area contributed by atoms with Gasteiger partial charge < -0.3 is 9.80 Å². The van der Waals surface area contributed by atoms with Gasteiger partial charge in [0.2, 0.25) is 0 Å². The number of nitrogens with zero attached hydrogens (tertiary/aromatic N) is 4. The van der Waals surface area contributed by atoms with Gasteiger partial charge in [-0.2, -0.15) is 0 Å². The molecule has 0 aliphatic carbocycles. The summed E-state index contributed by atoms with van der Waals surface area (Å²) in [7, 11) is 0. The molecule has 0 spiro atoms. The minimum Gasteiger partial charge on any atom is -0.353 e. The SMILES string of the molecule is Cc1ccc(C)c(Cc2c(C)nc(-c3ccccc3)nc2N2CCN(C(=O)c3ccc(C(C)(C)C)cc3)CC2)c1. The Kier molecular flexibility index (Phi) is 7.75. The van der Waals surface area contributed by atoms with E-state index in [0.29, 0.717) is 13.1 Å². The van der Waals surface area contributed by atoms with E-state index >= 15 is 0 Å². The number of carbonyl (C=O) groups is 1. The number of hydrogen-bond acceptors (Lipinski definition) is 4. The van der Waals surface area contributed by atoms with Gasteiger partial charge in [-0.15, -0.1) is 0 Å². The molecule has 5 nitrogen and oxygen atoms in total. The lowest BCUT2D eigenvalue weighted by Gasteiger charge is -2.36. The van der Waals surface area contributed by atoms with Gasteiger partial charge in [0.25, 0.3) is 5.91 Å². The normalized spacial score (nSPS) is 13.9. The predicted octanol–water partition coefficient (Wildman–Crippen LogP) is 6.92. The Balaban J connectivity index is 1.41. The number of carbonyl (C=O) groups excluding carboxylic acids is 1. The second-order valence-corrected chi connectivity index (χ2v) is 12.0. The number of amides is 1. The number of piperazine rings is 1. The van der Waals surface area contributed by atoms with E-state index in [1.807, 2.05) is 35.2 Å². The molecule has 1 amide bonds. The van der Waals surface area contributed by atoms with Crippen LogP contribution in [0.25, 0.3) is 11.4 Å². The number of benzene rings is 3. The van der Waals surface area contributed by atoms with Crippen molar-refractivity contribution in [1.29, 1.82) is 0 Å². The predicted molar refractivity (Wildman–Crippen MR) is 164 cm³/mol. The zero-order valence-electron chi connectivity index (χ0n) is 24.7. The van der Waals surface area contributed by atoms with Crippen LogP contribution in [-0.2, 0) is 11.8 Å². The van der Waals surface area contributed by atoms with Gasteiger partial charge in [0, 0.05) is 55.0 Å². The summed E-state index contributed by atoms with van der Waals surface area (Å²) in [5, 5.41) is 0. The average Bonchev–Trinajstić information content (AvgIpc) is 2.95. The summed E-state index contributed by atoms with van der Waals surface area (Å²) >= 11 is 0. The van der Waals surface area contributed by atoms with Crippen molar-refractivity contribution in [2.24, 2.45) is 0 Å². The van der Waals surface area contributed by atoms with E-state index in [0.717, 1.165) is 53.5 Å².